The number of imidazole rings is 1. The van der Waals surface area contributed by atoms with Crippen molar-refractivity contribution in [2.24, 2.45) is 0 Å². The first-order valence-electron chi connectivity index (χ1n) is 29.5. The van der Waals surface area contributed by atoms with Crippen molar-refractivity contribution in [1.82, 2.24) is 44.9 Å². The quantitative estimate of drug-likeness (QED) is 0.0405. The number of hydrogen-bond acceptors (Lipinski definition) is 20. The number of aromatic nitrogens is 5. The maximum Gasteiger partial charge on any atom is 0.410 e. The van der Waals surface area contributed by atoms with E-state index in [0.29, 0.717) is 50.3 Å². The van der Waals surface area contributed by atoms with Gasteiger partial charge in [0.15, 0.2) is 5.65 Å². The van der Waals surface area contributed by atoms with Crippen LogP contribution in [0, 0.1) is 20.2 Å². The molecule has 3 unspecified atom stereocenters. The van der Waals surface area contributed by atoms with E-state index < -0.39 is 26.6 Å². The number of pyridine rings is 3. The van der Waals surface area contributed by atoms with Crippen molar-refractivity contribution >= 4 is 75.7 Å². The van der Waals surface area contributed by atoms with Gasteiger partial charge in [-0.2, -0.15) is 0 Å². The zero-order valence-corrected chi connectivity index (χ0v) is 53.8. The zero-order chi connectivity index (χ0) is 65.4. The maximum atomic E-state index is 12.6. The van der Waals surface area contributed by atoms with Crippen molar-refractivity contribution in [2.45, 2.75) is 165 Å². The van der Waals surface area contributed by atoms with E-state index in [1.165, 1.54) is 18.2 Å². The lowest BCUT2D eigenvalue weighted by Crippen LogP contribution is -2.50. The molecule has 2 aromatic carbocycles. The number of nitro groups is 2. The molecule has 3 saturated heterocycles. The summed E-state index contributed by atoms with van der Waals surface area (Å²) in [4.78, 5) is 86.4. The Labute approximate surface area is 547 Å². The molecule has 0 spiro atoms. The number of halogens is 1. The minimum Gasteiger partial charge on any atom is -0.489 e. The van der Waals surface area contributed by atoms with Gasteiger partial charge in [0.05, 0.1) is 15.4 Å². The molecule has 0 bridgehead atoms. The first-order chi connectivity index (χ1) is 41.9. The Morgan fingerprint density at radius 3 is 1.52 bits per heavy atom. The van der Waals surface area contributed by atoms with Crippen molar-refractivity contribution in [1.29, 1.82) is 0 Å². The van der Waals surface area contributed by atoms with Gasteiger partial charge in [0.1, 0.15) is 51.8 Å². The Hall–Kier alpha value is -8.78. The van der Waals surface area contributed by atoms with Gasteiger partial charge in [0, 0.05) is 89.2 Å². The number of H-pyrrole nitrogens is 1. The molecule has 92 heavy (non-hydrogen) atoms. The third kappa shape index (κ3) is 23.8. The Bertz CT molecular complexity index is 3340. The van der Waals surface area contributed by atoms with Gasteiger partial charge in [-0.1, -0.05) is 64.2 Å². The fraction of sp³-hybridized carbons (Fsp3) is 0.523. The lowest BCUT2D eigenvalue weighted by atomic mass is 10.0. The summed E-state index contributed by atoms with van der Waals surface area (Å²) in [5.74, 6) is 2.66. The van der Waals surface area contributed by atoms with Crippen LogP contribution in [-0.4, -0.2) is 163 Å². The van der Waals surface area contributed by atoms with Crippen LogP contribution in [0.3, 0.4) is 0 Å². The molecular formula is C65H98ClN15O11. The summed E-state index contributed by atoms with van der Waals surface area (Å²) < 4.78 is 22.3. The Kier molecular flexibility index (Phi) is 29.1. The summed E-state index contributed by atoms with van der Waals surface area (Å²) in [7, 11) is 5.80. The molecule has 26 nitrogen and oxygen atoms in total. The lowest BCUT2D eigenvalue weighted by Gasteiger charge is -2.38. The zero-order valence-electron chi connectivity index (χ0n) is 53.0. The van der Waals surface area contributed by atoms with Gasteiger partial charge < -0.3 is 65.2 Å². The van der Waals surface area contributed by atoms with Gasteiger partial charge in [-0.05, 0) is 162 Å². The Morgan fingerprint density at radius 1 is 0.620 bits per heavy atom. The van der Waals surface area contributed by atoms with Crippen molar-refractivity contribution in [3.63, 3.8) is 0 Å². The van der Waals surface area contributed by atoms with Gasteiger partial charge in [0.25, 0.3) is 0 Å². The molecule has 3 amide bonds. The number of ether oxygens (including phenoxy) is 4. The van der Waals surface area contributed by atoms with Crippen molar-refractivity contribution in [3.05, 3.63) is 122 Å². The molecule has 3 atom stereocenters. The predicted octanol–water partition coefficient (Wildman–Crippen LogP) is 13.2. The number of piperidine rings is 3. The van der Waals surface area contributed by atoms with Gasteiger partial charge >= 0.3 is 29.7 Å². The number of nitrogens with one attached hydrogen (secondary N) is 2. The summed E-state index contributed by atoms with van der Waals surface area (Å²) in [5, 5.41) is 24.4. The Morgan fingerprint density at radius 2 is 1.07 bits per heavy atom. The third-order valence-electron chi connectivity index (χ3n) is 14.3. The van der Waals surface area contributed by atoms with Crippen LogP contribution in [0.5, 0.6) is 5.75 Å². The topological polar surface area (TPSA) is 322 Å². The van der Waals surface area contributed by atoms with Crippen molar-refractivity contribution < 1.29 is 43.2 Å². The van der Waals surface area contributed by atoms with Gasteiger partial charge in [-0.15, -0.1) is 0 Å². The average molecular weight is 1300 g/mol. The summed E-state index contributed by atoms with van der Waals surface area (Å²) in [5.41, 5.74) is 12.6. The molecule has 0 radical (unpaired) electrons. The smallest absolute Gasteiger partial charge is 0.410 e. The van der Waals surface area contributed by atoms with E-state index in [1.807, 2.05) is 155 Å². The first kappa shape index (κ1) is 77.5. The average Bonchev–Trinajstić information content (AvgIpc) is 1.62. The van der Waals surface area contributed by atoms with Crippen molar-refractivity contribution in [3.8, 4) is 17.1 Å². The number of rotatable bonds is 11. The molecule has 4 aromatic heterocycles. The number of amides is 3. The molecule has 3 aliphatic rings. The largest absolute Gasteiger partial charge is 0.489 e. The molecule has 27 heteroatoms. The van der Waals surface area contributed by atoms with Crippen LogP contribution in [0.4, 0.5) is 49.0 Å². The summed E-state index contributed by atoms with van der Waals surface area (Å²) in [6, 6.07) is 28.1. The number of nitrogens with zero attached hydrogens (tertiary/aromatic N) is 11. The highest BCUT2D eigenvalue weighted by Gasteiger charge is 2.33. The predicted molar refractivity (Wildman–Crippen MR) is 364 cm³/mol. The van der Waals surface area contributed by atoms with Crippen molar-refractivity contribution in [2.75, 3.05) is 81.7 Å². The number of anilines is 4. The minimum absolute atomic E-state index is 0. The molecule has 9 rings (SSSR count). The van der Waals surface area contributed by atoms with Gasteiger partial charge in [-0.25, -0.2) is 34.3 Å². The normalized spacial score (nSPS) is 16.3. The van der Waals surface area contributed by atoms with Crippen LogP contribution >= 0.6 is 11.6 Å². The SMILES string of the molecule is C.C.C.CN(c1ccc([N+](=O)[O-])c(N)n1)C1CCCN(C(=O)OC(C)(C)C)C1.CN(c1ccc2[nH]c(-c3ccc(OCc4ccccc4)cc3)nc2n1)C1CCCN(C(=O)OC(C)(C)C)C1.CNC1CCCN(C(=O)OC(C)(C)C)C1.Nc1nc(Cl)ccc1[N+](=O)[O-]. The number of benzene rings is 2. The summed E-state index contributed by atoms with van der Waals surface area (Å²) in [6.07, 6.45) is 5.04. The number of nitrogens with two attached hydrogens (primary N) is 2. The molecule has 506 valence electrons. The van der Waals surface area contributed by atoms with Crippen LogP contribution in [0.1, 0.15) is 129 Å². The lowest BCUT2D eigenvalue weighted by molar-refractivity contribution is -0.384. The van der Waals surface area contributed by atoms with Gasteiger partial charge in [-0.3, -0.25) is 20.2 Å². The van der Waals surface area contributed by atoms with E-state index in [0.717, 1.165) is 85.6 Å². The maximum absolute atomic E-state index is 12.6. The highest BCUT2D eigenvalue weighted by molar-refractivity contribution is 6.29. The molecule has 7 heterocycles. The number of carbonyl (C=O) groups is 3. The van der Waals surface area contributed by atoms with E-state index in [2.05, 4.69) is 25.2 Å². The van der Waals surface area contributed by atoms with E-state index in [1.54, 1.807) is 20.8 Å². The molecule has 3 aliphatic heterocycles. The van der Waals surface area contributed by atoms with Crippen LogP contribution < -0.4 is 31.3 Å². The molecule has 6 aromatic rings. The number of carbonyl (C=O) groups excluding carboxylic acids is 3. The second-order valence-electron chi connectivity index (χ2n) is 24.8. The molecule has 0 saturated carbocycles. The first-order valence-corrected chi connectivity index (χ1v) is 29.9. The standard InChI is InChI=1S/C30H35N5O3.C16H25N5O4.C11H22N2O2.C5H4ClN3O2.3CH4/c1-30(2,3)38-29(36)35-18-8-11-23(19-35)34(4)26-17-16-25-28(32-26)33-27(31-25)22-12-14-24(15-13-22)37-20-21-9-6-5-7-10-21;1-16(2,3)25-15(22)20-9-5-6-11(10-20)19(4)13-8-7-12(21(23)24)14(17)18-13;1-11(2,3)15-10(14)13-7-5-6-9(8-13)12-4;6-4-2-1-3(9(10)11)5(7)8-4;;;/h5-7,9-10,12-17,23H,8,11,18-20H2,1-4H3,(H,31,32,33);7-8,11H,5-6,9-10H2,1-4H3,(H2,17,18);9,12H,5-8H2,1-4H3;1-2H,(H2,7,8);3*1H4. The summed E-state index contributed by atoms with van der Waals surface area (Å²) >= 11 is 5.41. The van der Waals surface area contributed by atoms with Crippen LogP contribution in [-0.2, 0) is 20.8 Å². The molecule has 6 N–H and O–H groups in total. The number of nitrogen functional groups attached to an aromatic ring is 2. The number of aromatic amines is 1. The number of hydrogen-bond donors (Lipinski definition) is 4. The van der Waals surface area contributed by atoms with Crippen LogP contribution in [0.2, 0.25) is 5.15 Å². The second kappa shape index (κ2) is 34.6. The molecule has 3 fully saturated rings. The fourth-order valence-corrected chi connectivity index (χ4v) is 9.83. The fourth-order valence-electron chi connectivity index (χ4n) is 9.68. The second-order valence-corrected chi connectivity index (χ2v) is 25.2. The van der Waals surface area contributed by atoms with E-state index in [-0.39, 0.29) is 80.8 Å². The number of likely N-dealkylation sites (N-methyl/N-ethyl adjacent to an activating group) is 3. The van der Waals surface area contributed by atoms with Gasteiger partial charge in [0.2, 0.25) is 11.6 Å². The van der Waals surface area contributed by atoms with Crippen LogP contribution in [0.25, 0.3) is 22.6 Å². The third-order valence-corrected chi connectivity index (χ3v) is 14.5. The van der Waals surface area contributed by atoms with E-state index in [4.69, 9.17) is 52.0 Å². The molecular weight excluding hydrogens is 1200 g/mol. The van der Waals surface area contributed by atoms with E-state index >= 15 is 0 Å². The van der Waals surface area contributed by atoms with E-state index in [9.17, 15) is 34.6 Å². The highest BCUT2D eigenvalue weighted by Crippen LogP contribution is 2.29. The Balaban J connectivity index is 0.000000352. The van der Waals surface area contributed by atoms with Crippen LogP contribution in [0.15, 0.2) is 91.0 Å². The monoisotopic (exact) mass is 1300 g/mol. The summed E-state index contributed by atoms with van der Waals surface area (Å²) in [6.45, 7) is 21.4. The molecule has 0 aliphatic carbocycles. The highest BCUT2D eigenvalue weighted by atomic mass is 35.5. The number of fused-ring (bicyclic) bond motifs is 1. The minimum atomic E-state index is -0.612. The number of likely N-dealkylation sites (tertiary alicyclic amines) is 3.